The van der Waals surface area contributed by atoms with Crippen molar-refractivity contribution in [1.29, 1.82) is 0 Å². The molecule has 2 fully saturated rings. The average Bonchev–Trinajstić information content (AvgIpc) is 2.92. The van der Waals surface area contributed by atoms with Crippen LogP contribution in [-0.4, -0.2) is 49.1 Å². The van der Waals surface area contributed by atoms with Crippen molar-refractivity contribution < 1.29 is 14.3 Å². The van der Waals surface area contributed by atoms with E-state index in [0.717, 1.165) is 12.8 Å². The standard InChI is InChI=1S/C13H22N2O3/c1-4-13(5-2)6-11(16)15(12(13)17)9-7-14-8-10(9)18-3/h9-10,14H,4-8H2,1-3H3/t9?,10-/m0/s1. The summed E-state index contributed by atoms with van der Waals surface area (Å²) in [7, 11) is 1.63. The minimum absolute atomic E-state index is 0.00625. The van der Waals surface area contributed by atoms with Gasteiger partial charge < -0.3 is 10.1 Å². The summed E-state index contributed by atoms with van der Waals surface area (Å²) in [6.07, 6.45) is 1.72. The molecule has 2 heterocycles. The number of rotatable bonds is 4. The number of likely N-dealkylation sites (tertiary alicyclic amines) is 1. The van der Waals surface area contributed by atoms with Gasteiger partial charge in [-0.3, -0.25) is 14.5 Å². The number of carbonyl (C=O) groups is 2. The van der Waals surface area contributed by atoms with Crippen LogP contribution in [0.5, 0.6) is 0 Å². The van der Waals surface area contributed by atoms with Crippen LogP contribution < -0.4 is 5.32 Å². The SMILES string of the molecule is CCC1(CC)CC(=O)N(C2CNC[C@@H]2OC)C1=O. The minimum Gasteiger partial charge on any atom is -0.378 e. The number of nitrogens with zero attached hydrogens (tertiary/aromatic N) is 1. The maximum atomic E-state index is 12.6. The van der Waals surface area contributed by atoms with E-state index in [1.807, 2.05) is 13.8 Å². The van der Waals surface area contributed by atoms with Crippen LogP contribution in [0.4, 0.5) is 0 Å². The number of imide groups is 1. The minimum atomic E-state index is -0.474. The lowest BCUT2D eigenvalue weighted by molar-refractivity contribution is -0.146. The molecule has 18 heavy (non-hydrogen) atoms. The molecule has 5 nitrogen and oxygen atoms in total. The summed E-state index contributed by atoms with van der Waals surface area (Å²) in [6.45, 7) is 5.31. The van der Waals surface area contributed by atoms with Gasteiger partial charge in [-0.1, -0.05) is 13.8 Å². The number of amides is 2. The Balaban J connectivity index is 2.24. The quantitative estimate of drug-likeness (QED) is 0.744. The highest BCUT2D eigenvalue weighted by molar-refractivity contribution is 6.06. The van der Waals surface area contributed by atoms with Crippen molar-refractivity contribution in [2.75, 3.05) is 20.2 Å². The van der Waals surface area contributed by atoms with Gasteiger partial charge in [-0.05, 0) is 12.8 Å². The molecule has 2 aliphatic heterocycles. The number of hydrogen-bond acceptors (Lipinski definition) is 4. The second-order valence-electron chi connectivity index (χ2n) is 5.23. The number of ether oxygens (including phenoxy) is 1. The molecular formula is C13H22N2O3. The Morgan fingerprint density at radius 3 is 2.50 bits per heavy atom. The first-order valence-electron chi connectivity index (χ1n) is 6.69. The summed E-state index contributed by atoms with van der Waals surface area (Å²) in [4.78, 5) is 26.2. The Hall–Kier alpha value is -0.940. The van der Waals surface area contributed by atoms with Gasteiger partial charge in [-0.15, -0.1) is 0 Å². The Kier molecular flexibility index (Phi) is 3.73. The molecule has 0 spiro atoms. The van der Waals surface area contributed by atoms with Gasteiger partial charge in [-0.25, -0.2) is 0 Å². The van der Waals surface area contributed by atoms with Crippen molar-refractivity contribution in [3.05, 3.63) is 0 Å². The molecule has 0 aromatic rings. The molecule has 2 amide bonds. The van der Waals surface area contributed by atoms with Crippen molar-refractivity contribution >= 4 is 11.8 Å². The van der Waals surface area contributed by atoms with Crippen molar-refractivity contribution in [3.63, 3.8) is 0 Å². The largest absolute Gasteiger partial charge is 0.378 e. The second kappa shape index (κ2) is 4.97. The number of carbonyl (C=O) groups excluding carboxylic acids is 2. The summed E-state index contributed by atoms with van der Waals surface area (Å²) in [5.41, 5.74) is -0.474. The van der Waals surface area contributed by atoms with Crippen LogP contribution in [-0.2, 0) is 14.3 Å². The topological polar surface area (TPSA) is 58.6 Å². The molecule has 2 atom stereocenters. The van der Waals surface area contributed by atoms with E-state index in [1.165, 1.54) is 4.90 Å². The summed E-state index contributed by atoms with van der Waals surface area (Å²) < 4.78 is 5.36. The maximum absolute atomic E-state index is 12.6. The van der Waals surface area contributed by atoms with Crippen LogP contribution in [0.15, 0.2) is 0 Å². The smallest absolute Gasteiger partial charge is 0.236 e. The van der Waals surface area contributed by atoms with E-state index in [9.17, 15) is 9.59 Å². The van der Waals surface area contributed by atoms with Crippen LogP contribution in [0.2, 0.25) is 0 Å². The van der Waals surface area contributed by atoms with Crippen LogP contribution in [0.25, 0.3) is 0 Å². The molecule has 0 aliphatic carbocycles. The fourth-order valence-corrected chi connectivity index (χ4v) is 3.10. The number of methoxy groups -OCH3 is 1. The lowest BCUT2D eigenvalue weighted by Gasteiger charge is -2.29. The zero-order chi connectivity index (χ0) is 13.3. The van der Waals surface area contributed by atoms with Crippen molar-refractivity contribution in [3.8, 4) is 0 Å². The first-order chi connectivity index (χ1) is 8.59. The van der Waals surface area contributed by atoms with E-state index < -0.39 is 5.41 Å². The molecule has 0 bridgehead atoms. The fraction of sp³-hybridized carbons (Fsp3) is 0.846. The highest BCUT2D eigenvalue weighted by Gasteiger charge is 2.53. The van der Waals surface area contributed by atoms with Gasteiger partial charge in [0.2, 0.25) is 11.8 Å². The van der Waals surface area contributed by atoms with Gasteiger partial charge in [0.1, 0.15) is 0 Å². The monoisotopic (exact) mass is 254 g/mol. The highest BCUT2D eigenvalue weighted by Crippen LogP contribution is 2.40. The molecule has 0 radical (unpaired) electrons. The maximum Gasteiger partial charge on any atom is 0.236 e. The zero-order valence-corrected chi connectivity index (χ0v) is 11.4. The van der Waals surface area contributed by atoms with Crippen molar-refractivity contribution in [1.82, 2.24) is 10.2 Å². The lowest BCUT2D eigenvalue weighted by Crippen LogP contribution is -2.48. The van der Waals surface area contributed by atoms with E-state index in [-0.39, 0.29) is 24.0 Å². The van der Waals surface area contributed by atoms with E-state index in [0.29, 0.717) is 19.5 Å². The average molecular weight is 254 g/mol. The van der Waals surface area contributed by atoms with E-state index in [2.05, 4.69) is 5.32 Å². The molecule has 0 aromatic carbocycles. The van der Waals surface area contributed by atoms with Crippen LogP contribution in [0.3, 0.4) is 0 Å². The Morgan fingerprint density at radius 2 is 2.00 bits per heavy atom. The van der Waals surface area contributed by atoms with Crippen LogP contribution in [0, 0.1) is 5.41 Å². The Labute approximate surface area is 108 Å². The first-order valence-corrected chi connectivity index (χ1v) is 6.69. The molecule has 5 heteroatoms. The molecule has 2 saturated heterocycles. The van der Waals surface area contributed by atoms with Gasteiger partial charge in [0, 0.05) is 26.6 Å². The van der Waals surface area contributed by atoms with Crippen LogP contribution in [0.1, 0.15) is 33.1 Å². The van der Waals surface area contributed by atoms with Gasteiger partial charge in [0.05, 0.1) is 17.6 Å². The Bertz CT molecular complexity index is 352. The third-order valence-electron chi connectivity index (χ3n) is 4.55. The number of nitrogens with one attached hydrogen (secondary N) is 1. The molecule has 1 unspecified atom stereocenters. The normalized spacial score (nSPS) is 31.4. The fourth-order valence-electron chi connectivity index (χ4n) is 3.10. The molecule has 2 aliphatic rings. The van der Waals surface area contributed by atoms with Gasteiger partial charge in [0.15, 0.2) is 0 Å². The van der Waals surface area contributed by atoms with Gasteiger partial charge >= 0.3 is 0 Å². The summed E-state index contributed by atoms with van der Waals surface area (Å²) in [5.74, 6) is -0.0484. The van der Waals surface area contributed by atoms with Gasteiger partial charge in [-0.2, -0.15) is 0 Å². The first kappa shape index (κ1) is 13.5. The predicted octanol–water partition coefficient (Wildman–Crippen LogP) is 0.539. The van der Waals surface area contributed by atoms with E-state index in [4.69, 9.17) is 4.74 Å². The molecule has 2 rings (SSSR count). The van der Waals surface area contributed by atoms with Crippen LogP contribution >= 0.6 is 0 Å². The highest BCUT2D eigenvalue weighted by atomic mass is 16.5. The molecule has 0 aromatic heterocycles. The van der Waals surface area contributed by atoms with Crippen molar-refractivity contribution in [2.24, 2.45) is 5.41 Å². The third kappa shape index (κ3) is 1.86. The van der Waals surface area contributed by atoms with Gasteiger partial charge in [0.25, 0.3) is 0 Å². The van der Waals surface area contributed by atoms with Crippen molar-refractivity contribution in [2.45, 2.75) is 45.3 Å². The zero-order valence-electron chi connectivity index (χ0n) is 11.4. The lowest BCUT2D eigenvalue weighted by atomic mass is 9.81. The summed E-state index contributed by atoms with van der Waals surface area (Å²) >= 11 is 0. The Morgan fingerprint density at radius 1 is 1.33 bits per heavy atom. The summed E-state index contributed by atoms with van der Waals surface area (Å²) in [5, 5.41) is 3.18. The van der Waals surface area contributed by atoms with E-state index >= 15 is 0 Å². The molecular weight excluding hydrogens is 232 g/mol. The number of hydrogen-bond donors (Lipinski definition) is 1. The third-order valence-corrected chi connectivity index (χ3v) is 4.55. The molecule has 1 N–H and O–H groups in total. The molecule has 0 saturated carbocycles. The summed E-state index contributed by atoms with van der Waals surface area (Å²) in [6, 6.07) is -0.144. The predicted molar refractivity (Wildman–Crippen MR) is 66.9 cm³/mol. The van der Waals surface area contributed by atoms with E-state index in [1.54, 1.807) is 7.11 Å². The molecule has 102 valence electrons. The second-order valence-corrected chi connectivity index (χ2v) is 5.23.